The minimum atomic E-state index is -0.696. The van der Waals surface area contributed by atoms with Crippen LogP contribution < -0.4 is 5.32 Å². The van der Waals surface area contributed by atoms with E-state index in [0.29, 0.717) is 45.8 Å². The van der Waals surface area contributed by atoms with Gasteiger partial charge in [-0.1, -0.05) is 35.3 Å². The van der Waals surface area contributed by atoms with Gasteiger partial charge < -0.3 is 15.0 Å². The Labute approximate surface area is 178 Å². The molecule has 0 bridgehead atoms. The van der Waals surface area contributed by atoms with Crippen LogP contribution in [0.25, 0.3) is 0 Å². The quantitative estimate of drug-likeness (QED) is 0.774. The largest absolute Gasteiger partial charge is 0.383 e. The van der Waals surface area contributed by atoms with Gasteiger partial charge in [0.05, 0.1) is 28.3 Å². The highest BCUT2D eigenvalue weighted by atomic mass is 35.5. The summed E-state index contributed by atoms with van der Waals surface area (Å²) in [7, 11) is 1.63. The molecule has 1 unspecified atom stereocenters. The number of carbonyl (C=O) groups is 1. The summed E-state index contributed by atoms with van der Waals surface area (Å²) in [6.45, 7) is 2.91. The number of benzene rings is 1. The Kier molecular flexibility index (Phi) is 5.55. The van der Waals surface area contributed by atoms with Crippen LogP contribution in [0.4, 0.5) is 10.2 Å². The zero-order valence-corrected chi connectivity index (χ0v) is 17.6. The second kappa shape index (κ2) is 7.97. The van der Waals surface area contributed by atoms with E-state index in [9.17, 15) is 9.18 Å². The average molecular weight is 439 g/mol. The molecule has 1 aromatic heterocycles. The van der Waals surface area contributed by atoms with Crippen LogP contribution in [-0.4, -0.2) is 46.9 Å². The smallest absolute Gasteiger partial charge is 0.254 e. The molecule has 0 radical (unpaired) electrons. The topological polar surface area (TPSA) is 59.4 Å². The SMILES string of the molecule is COC[C@@H]1CCCN1C(=O)C1=C(C)Nc2cc(F)nn2C1c1cccc(Cl)c1Cl. The van der Waals surface area contributed by atoms with Crippen molar-refractivity contribution in [2.45, 2.75) is 31.8 Å². The van der Waals surface area contributed by atoms with Gasteiger partial charge in [-0.05, 0) is 25.8 Å². The molecule has 1 N–H and O–H groups in total. The van der Waals surface area contributed by atoms with Gasteiger partial charge in [-0.25, -0.2) is 4.68 Å². The van der Waals surface area contributed by atoms with Crippen molar-refractivity contribution in [1.82, 2.24) is 14.7 Å². The predicted molar refractivity (Wildman–Crippen MR) is 110 cm³/mol. The Morgan fingerprint density at radius 2 is 2.21 bits per heavy atom. The van der Waals surface area contributed by atoms with Crippen molar-refractivity contribution >= 4 is 34.9 Å². The van der Waals surface area contributed by atoms with Crippen molar-refractivity contribution in [3.63, 3.8) is 0 Å². The number of hydrogen-bond donors (Lipinski definition) is 1. The summed E-state index contributed by atoms with van der Waals surface area (Å²) in [6, 6.07) is 5.81. The maximum Gasteiger partial charge on any atom is 0.254 e. The fourth-order valence-corrected chi connectivity index (χ4v) is 4.57. The highest BCUT2D eigenvalue weighted by Gasteiger charge is 2.39. The number of halogens is 3. The fraction of sp³-hybridized carbons (Fsp3) is 0.400. The highest BCUT2D eigenvalue weighted by molar-refractivity contribution is 6.42. The monoisotopic (exact) mass is 438 g/mol. The molecule has 2 aromatic rings. The second-order valence-electron chi connectivity index (χ2n) is 7.26. The molecule has 1 saturated heterocycles. The molecule has 6 nitrogen and oxygen atoms in total. The number of nitrogens with zero attached hydrogens (tertiary/aromatic N) is 3. The lowest BCUT2D eigenvalue weighted by Crippen LogP contribution is -2.42. The predicted octanol–water partition coefficient (Wildman–Crippen LogP) is 4.26. The molecule has 0 spiro atoms. The first-order valence-corrected chi connectivity index (χ1v) is 10.1. The number of carbonyl (C=O) groups excluding carboxylic acids is 1. The van der Waals surface area contributed by atoms with E-state index in [2.05, 4.69) is 10.4 Å². The maximum atomic E-state index is 14.0. The van der Waals surface area contributed by atoms with Gasteiger partial charge in [0.1, 0.15) is 11.9 Å². The van der Waals surface area contributed by atoms with Gasteiger partial charge in [0.2, 0.25) is 5.95 Å². The van der Waals surface area contributed by atoms with Crippen molar-refractivity contribution in [1.29, 1.82) is 0 Å². The molecular formula is C20H21Cl2FN4O2. The third-order valence-corrected chi connectivity index (χ3v) is 6.28. The summed E-state index contributed by atoms with van der Waals surface area (Å²) < 4.78 is 20.8. The summed E-state index contributed by atoms with van der Waals surface area (Å²) in [6.07, 6.45) is 1.79. The summed E-state index contributed by atoms with van der Waals surface area (Å²) in [5, 5.41) is 7.76. The molecule has 4 rings (SSSR count). The van der Waals surface area contributed by atoms with Crippen LogP contribution in [0, 0.1) is 5.95 Å². The standard InChI is InChI=1S/C20H21Cl2FN4O2/c1-11-17(20(28)26-8-4-5-12(26)10-29-2)19(13-6-3-7-14(21)18(13)22)27-16(24-11)9-15(23)25-27/h3,6-7,9,12,19,24H,4-5,8,10H2,1-2H3/t12-,19?/m0/s1. The lowest BCUT2D eigenvalue weighted by Gasteiger charge is -2.34. The van der Waals surface area contributed by atoms with Gasteiger partial charge >= 0.3 is 0 Å². The third-order valence-electron chi connectivity index (χ3n) is 5.45. The first-order valence-electron chi connectivity index (χ1n) is 9.39. The van der Waals surface area contributed by atoms with Gasteiger partial charge in [-0.15, -0.1) is 5.10 Å². The van der Waals surface area contributed by atoms with Crippen molar-refractivity contribution in [2.75, 3.05) is 25.6 Å². The highest BCUT2D eigenvalue weighted by Crippen LogP contribution is 2.42. The summed E-state index contributed by atoms with van der Waals surface area (Å²) in [5.74, 6) is -0.333. The van der Waals surface area contributed by atoms with Crippen molar-refractivity contribution < 1.29 is 13.9 Å². The Morgan fingerprint density at radius 1 is 1.41 bits per heavy atom. The van der Waals surface area contributed by atoms with Crippen molar-refractivity contribution in [3.05, 3.63) is 57.1 Å². The van der Waals surface area contributed by atoms with E-state index in [1.54, 1.807) is 32.2 Å². The Balaban J connectivity index is 1.84. The second-order valence-corrected chi connectivity index (χ2v) is 8.04. The molecular weight excluding hydrogens is 418 g/mol. The number of fused-ring (bicyclic) bond motifs is 1. The molecule has 0 saturated carbocycles. The number of anilines is 1. The van der Waals surface area contributed by atoms with Gasteiger partial charge in [0, 0.05) is 31.0 Å². The van der Waals surface area contributed by atoms with Gasteiger partial charge in [0.25, 0.3) is 5.91 Å². The lowest BCUT2D eigenvalue weighted by atomic mass is 9.94. The van der Waals surface area contributed by atoms with Crippen LogP contribution in [0.3, 0.4) is 0 Å². The molecule has 1 aromatic carbocycles. The number of nitrogens with one attached hydrogen (secondary N) is 1. The van der Waals surface area contributed by atoms with E-state index >= 15 is 0 Å². The first kappa shape index (κ1) is 20.2. The van der Waals surface area contributed by atoms with Crippen LogP contribution in [0.1, 0.15) is 31.4 Å². The number of rotatable bonds is 4. The van der Waals surface area contributed by atoms with E-state index in [1.165, 1.54) is 10.7 Å². The van der Waals surface area contributed by atoms with E-state index < -0.39 is 12.0 Å². The van der Waals surface area contributed by atoms with Crippen LogP contribution in [0.5, 0.6) is 0 Å². The van der Waals surface area contributed by atoms with E-state index in [-0.39, 0.29) is 11.9 Å². The molecule has 2 aliphatic heterocycles. The normalized spacial score (nSPS) is 21.3. The molecule has 2 atom stereocenters. The van der Waals surface area contributed by atoms with Crippen LogP contribution in [-0.2, 0) is 9.53 Å². The number of hydrogen-bond acceptors (Lipinski definition) is 4. The Bertz CT molecular complexity index is 991. The van der Waals surface area contributed by atoms with Crippen LogP contribution in [0.2, 0.25) is 10.0 Å². The molecule has 0 aliphatic carbocycles. The van der Waals surface area contributed by atoms with Gasteiger partial charge in [-0.2, -0.15) is 4.39 Å². The third kappa shape index (κ3) is 3.52. The number of methoxy groups -OCH3 is 1. The minimum absolute atomic E-state index is 0.000891. The Morgan fingerprint density at radius 3 is 2.97 bits per heavy atom. The van der Waals surface area contributed by atoms with Crippen LogP contribution >= 0.6 is 23.2 Å². The zero-order chi connectivity index (χ0) is 20.7. The van der Waals surface area contributed by atoms with E-state index in [0.717, 1.165) is 12.8 Å². The molecule has 3 heterocycles. The lowest BCUT2D eigenvalue weighted by molar-refractivity contribution is -0.129. The first-order chi connectivity index (χ1) is 13.9. The van der Waals surface area contributed by atoms with E-state index in [4.69, 9.17) is 27.9 Å². The van der Waals surface area contributed by atoms with Crippen molar-refractivity contribution in [2.24, 2.45) is 0 Å². The molecule has 2 aliphatic rings. The number of allylic oxidation sites excluding steroid dienone is 1. The number of likely N-dealkylation sites (tertiary alicyclic amines) is 1. The summed E-state index contributed by atoms with van der Waals surface area (Å²) in [5.41, 5.74) is 1.69. The average Bonchev–Trinajstić information content (AvgIpc) is 3.28. The zero-order valence-electron chi connectivity index (χ0n) is 16.1. The van der Waals surface area contributed by atoms with E-state index in [1.807, 2.05) is 4.90 Å². The summed E-state index contributed by atoms with van der Waals surface area (Å²) in [4.78, 5) is 15.5. The van der Waals surface area contributed by atoms with Gasteiger partial charge in [0.15, 0.2) is 0 Å². The summed E-state index contributed by atoms with van der Waals surface area (Å²) >= 11 is 12.7. The number of aromatic nitrogens is 2. The van der Waals surface area contributed by atoms with Crippen LogP contribution in [0.15, 0.2) is 35.5 Å². The minimum Gasteiger partial charge on any atom is -0.383 e. The van der Waals surface area contributed by atoms with Crippen molar-refractivity contribution in [3.8, 4) is 0 Å². The Hall–Kier alpha value is -2.09. The number of amides is 1. The molecule has 9 heteroatoms. The maximum absolute atomic E-state index is 14.0. The van der Waals surface area contributed by atoms with Gasteiger partial charge in [-0.3, -0.25) is 4.79 Å². The molecule has 29 heavy (non-hydrogen) atoms. The molecule has 1 amide bonds. The molecule has 1 fully saturated rings. The fourth-order valence-electron chi connectivity index (χ4n) is 4.16. The number of ether oxygens (including phenoxy) is 1. The molecule has 154 valence electrons.